The van der Waals surface area contributed by atoms with Crippen LogP contribution in [0.2, 0.25) is 0 Å². The van der Waals surface area contributed by atoms with E-state index in [1.807, 2.05) is 0 Å². The van der Waals surface area contributed by atoms with Gasteiger partial charge in [0.1, 0.15) is 0 Å². The molecular weight excluding hydrogens is 196 g/mol. The molecule has 1 aliphatic carbocycles. The van der Waals surface area contributed by atoms with E-state index >= 15 is 0 Å². The monoisotopic (exact) mass is 226 g/mol. The van der Waals surface area contributed by atoms with E-state index in [0.29, 0.717) is 17.9 Å². The van der Waals surface area contributed by atoms with Crippen LogP contribution in [0, 0.1) is 22.7 Å². The lowest BCUT2D eigenvalue weighted by Crippen LogP contribution is -2.39. The van der Waals surface area contributed by atoms with Crippen molar-refractivity contribution < 1.29 is 5.11 Å². The lowest BCUT2D eigenvalue weighted by molar-refractivity contribution is -0.00431. The van der Waals surface area contributed by atoms with Crippen molar-refractivity contribution >= 4 is 0 Å². The zero-order chi connectivity index (χ0) is 12.4. The fourth-order valence-electron chi connectivity index (χ4n) is 3.30. The highest BCUT2D eigenvalue weighted by atomic mass is 16.3. The van der Waals surface area contributed by atoms with Crippen LogP contribution in [0.15, 0.2) is 0 Å². The van der Waals surface area contributed by atoms with Crippen LogP contribution in [0.4, 0.5) is 0 Å². The summed E-state index contributed by atoms with van der Waals surface area (Å²) in [6.07, 6.45) is 6.24. The molecule has 1 nitrogen and oxygen atoms in total. The summed E-state index contributed by atoms with van der Waals surface area (Å²) >= 11 is 0. The Balaban J connectivity index is 2.64. The zero-order valence-corrected chi connectivity index (χ0v) is 11.8. The molecule has 1 heteroatoms. The third-order valence-corrected chi connectivity index (χ3v) is 5.18. The number of aliphatic hydroxyl groups excluding tert-OH is 1. The summed E-state index contributed by atoms with van der Waals surface area (Å²) in [6, 6.07) is 0. The molecule has 0 radical (unpaired) electrons. The second-order valence-corrected chi connectivity index (χ2v) is 6.97. The predicted molar refractivity (Wildman–Crippen MR) is 70.4 cm³/mol. The Labute approximate surface area is 102 Å². The van der Waals surface area contributed by atoms with Crippen LogP contribution in [0.25, 0.3) is 0 Å². The van der Waals surface area contributed by atoms with E-state index in [4.69, 9.17) is 0 Å². The van der Waals surface area contributed by atoms with Gasteiger partial charge in [-0.2, -0.15) is 0 Å². The Morgan fingerprint density at radius 1 is 1.25 bits per heavy atom. The van der Waals surface area contributed by atoms with Crippen molar-refractivity contribution in [3.8, 4) is 0 Å². The van der Waals surface area contributed by atoms with Gasteiger partial charge < -0.3 is 5.11 Å². The van der Waals surface area contributed by atoms with Gasteiger partial charge in [0.2, 0.25) is 0 Å². The standard InChI is InChI=1S/C15H30O/c1-6-12(2)15(11-16)9-7-13(8-10-15)14(3,4)5/h12-13,16H,6-11H2,1-5H3. The maximum atomic E-state index is 9.73. The van der Waals surface area contributed by atoms with Gasteiger partial charge in [0.15, 0.2) is 0 Å². The normalized spacial score (nSPS) is 33.8. The molecule has 1 atom stereocenters. The average molecular weight is 226 g/mol. The molecule has 16 heavy (non-hydrogen) atoms. The Kier molecular flexibility index (Phi) is 4.45. The summed E-state index contributed by atoms with van der Waals surface area (Å²) in [5, 5.41) is 9.73. The average Bonchev–Trinajstić information content (AvgIpc) is 2.26. The zero-order valence-electron chi connectivity index (χ0n) is 11.8. The van der Waals surface area contributed by atoms with E-state index in [-0.39, 0.29) is 5.41 Å². The van der Waals surface area contributed by atoms with Crippen molar-refractivity contribution in [2.75, 3.05) is 6.61 Å². The van der Waals surface area contributed by atoms with Crippen molar-refractivity contribution in [2.45, 2.75) is 66.7 Å². The van der Waals surface area contributed by atoms with Crippen LogP contribution in [-0.2, 0) is 0 Å². The van der Waals surface area contributed by atoms with Gasteiger partial charge >= 0.3 is 0 Å². The maximum Gasteiger partial charge on any atom is 0.0489 e. The lowest BCUT2D eigenvalue weighted by atomic mass is 9.60. The topological polar surface area (TPSA) is 20.2 Å². The van der Waals surface area contributed by atoms with E-state index in [1.165, 1.54) is 32.1 Å². The van der Waals surface area contributed by atoms with E-state index < -0.39 is 0 Å². The van der Waals surface area contributed by atoms with E-state index in [9.17, 15) is 5.11 Å². The third kappa shape index (κ3) is 2.80. The van der Waals surface area contributed by atoms with Crippen molar-refractivity contribution in [2.24, 2.45) is 22.7 Å². The van der Waals surface area contributed by atoms with Crippen molar-refractivity contribution in [3.05, 3.63) is 0 Å². The molecule has 0 spiro atoms. The van der Waals surface area contributed by atoms with Gasteiger partial charge in [-0.15, -0.1) is 0 Å². The molecular formula is C15H30O. The molecule has 0 amide bonds. The minimum atomic E-state index is 0.233. The molecule has 1 fully saturated rings. The van der Waals surface area contributed by atoms with Crippen LogP contribution in [-0.4, -0.2) is 11.7 Å². The molecule has 1 rings (SSSR count). The van der Waals surface area contributed by atoms with Gasteiger partial charge in [0.05, 0.1) is 0 Å². The van der Waals surface area contributed by atoms with Gasteiger partial charge in [0, 0.05) is 6.61 Å². The first-order valence-corrected chi connectivity index (χ1v) is 6.96. The predicted octanol–water partition coefficient (Wildman–Crippen LogP) is 4.25. The van der Waals surface area contributed by atoms with Crippen LogP contribution in [0.3, 0.4) is 0 Å². The lowest BCUT2D eigenvalue weighted by Gasteiger charge is -2.46. The fourth-order valence-corrected chi connectivity index (χ4v) is 3.30. The molecule has 1 aliphatic rings. The molecule has 96 valence electrons. The summed E-state index contributed by atoms with van der Waals surface area (Å²) in [5.41, 5.74) is 0.674. The largest absolute Gasteiger partial charge is 0.396 e. The highest BCUT2D eigenvalue weighted by Gasteiger charge is 2.40. The Morgan fingerprint density at radius 3 is 2.06 bits per heavy atom. The van der Waals surface area contributed by atoms with Crippen LogP contribution in [0.1, 0.15) is 66.7 Å². The maximum absolute atomic E-state index is 9.73. The van der Waals surface area contributed by atoms with E-state index in [0.717, 1.165) is 5.92 Å². The quantitative estimate of drug-likeness (QED) is 0.763. The summed E-state index contributed by atoms with van der Waals surface area (Å²) < 4.78 is 0. The molecule has 0 aromatic heterocycles. The van der Waals surface area contributed by atoms with Gasteiger partial charge in [-0.3, -0.25) is 0 Å². The first kappa shape index (κ1) is 14.0. The van der Waals surface area contributed by atoms with E-state index in [1.54, 1.807) is 0 Å². The SMILES string of the molecule is CCC(C)C1(CO)CCC(C(C)(C)C)CC1. The molecule has 0 saturated heterocycles. The van der Waals surface area contributed by atoms with E-state index in [2.05, 4.69) is 34.6 Å². The Morgan fingerprint density at radius 2 is 1.75 bits per heavy atom. The van der Waals surface area contributed by atoms with Gasteiger partial charge in [0.25, 0.3) is 0 Å². The molecule has 0 heterocycles. The highest BCUT2D eigenvalue weighted by molar-refractivity contribution is 4.91. The number of hydrogen-bond donors (Lipinski definition) is 1. The first-order chi connectivity index (χ1) is 7.35. The fraction of sp³-hybridized carbons (Fsp3) is 1.00. The number of rotatable bonds is 3. The summed E-state index contributed by atoms with van der Waals surface area (Å²) in [4.78, 5) is 0. The van der Waals surface area contributed by atoms with Crippen molar-refractivity contribution in [1.82, 2.24) is 0 Å². The third-order valence-electron chi connectivity index (χ3n) is 5.18. The molecule has 0 bridgehead atoms. The van der Waals surface area contributed by atoms with Gasteiger partial charge in [-0.05, 0) is 48.3 Å². The molecule has 1 unspecified atom stereocenters. The summed E-state index contributed by atoms with van der Waals surface area (Å²) in [5.74, 6) is 1.51. The van der Waals surface area contributed by atoms with Crippen LogP contribution in [0.5, 0.6) is 0 Å². The highest BCUT2D eigenvalue weighted by Crippen LogP contribution is 2.49. The van der Waals surface area contributed by atoms with Gasteiger partial charge in [-0.1, -0.05) is 41.0 Å². The molecule has 0 aromatic rings. The summed E-state index contributed by atoms with van der Waals surface area (Å²) in [6.45, 7) is 12.0. The molecule has 1 saturated carbocycles. The van der Waals surface area contributed by atoms with Crippen molar-refractivity contribution in [3.63, 3.8) is 0 Å². The summed E-state index contributed by atoms with van der Waals surface area (Å²) in [7, 11) is 0. The molecule has 1 N–H and O–H groups in total. The Bertz CT molecular complexity index is 206. The molecule has 0 aromatic carbocycles. The minimum Gasteiger partial charge on any atom is -0.396 e. The smallest absolute Gasteiger partial charge is 0.0489 e. The molecule has 0 aliphatic heterocycles. The van der Waals surface area contributed by atoms with Crippen LogP contribution < -0.4 is 0 Å². The number of hydrogen-bond acceptors (Lipinski definition) is 1. The minimum absolute atomic E-state index is 0.233. The van der Waals surface area contributed by atoms with Crippen LogP contribution >= 0.6 is 0 Å². The van der Waals surface area contributed by atoms with Gasteiger partial charge in [-0.25, -0.2) is 0 Å². The second kappa shape index (κ2) is 5.08. The first-order valence-electron chi connectivity index (χ1n) is 6.96. The van der Waals surface area contributed by atoms with Crippen molar-refractivity contribution in [1.29, 1.82) is 0 Å². The number of aliphatic hydroxyl groups is 1. The second-order valence-electron chi connectivity index (χ2n) is 6.97. The Hall–Kier alpha value is -0.0400.